The molecule has 0 aromatic heterocycles. The molecule has 1 N–H and O–H groups in total. The Kier molecular flexibility index (Phi) is 2.80. The second kappa shape index (κ2) is 3.65. The van der Waals surface area contributed by atoms with Crippen LogP contribution in [0.1, 0.15) is 26.7 Å². The van der Waals surface area contributed by atoms with E-state index in [1.54, 1.807) is 0 Å². The van der Waals surface area contributed by atoms with Crippen molar-refractivity contribution in [1.82, 2.24) is 10.2 Å². The maximum absolute atomic E-state index is 3.21. The number of allylic oxidation sites excluding steroid dienone is 1. The molecule has 2 heteroatoms. The van der Waals surface area contributed by atoms with Crippen LogP contribution in [0.2, 0.25) is 0 Å². The molecule has 0 aliphatic carbocycles. The zero-order valence-corrected chi connectivity index (χ0v) is 7.72. The smallest absolute Gasteiger partial charge is 0.0968 e. The van der Waals surface area contributed by atoms with E-state index in [2.05, 4.69) is 30.1 Å². The fourth-order valence-corrected chi connectivity index (χ4v) is 1.74. The number of nitrogens with zero attached hydrogens (tertiary/aromatic N) is 1. The summed E-state index contributed by atoms with van der Waals surface area (Å²) in [4.78, 5) is 2.43. The molecule has 1 aliphatic rings. The van der Waals surface area contributed by atoms with Gasteiger partial charge >= 0.3 is 0 Å². The summed E-state index contributed by atoms with van der Waals surface area (Å²) in [7, 11) is 1.99. The molecule has 2 nitrogen and oxygen atoms in total. The third kappa shape index (κ3) is 1.67. The lowest BCUT2D eigenvalue weighted by Gasteiger charge is -2.26. The molecule has 0 radical (unpaired) electrons. The van der Waals surface area contributed by atoms with Crippen molar-refractivity contribution in [3.63, 3.8) is 0 Å². The topological polar surface area (TPSA) is 15.3 Å². The van der Waals surface area contributed by atoms with Crippen molar-refractivity contribution < 1.29 is 0 Å². The van der Waals surface area contributed by atoms with Crippen LogP contribution in [0.5, 0.6) is 0 Å². The van der Waals surface area contributed by atoms with E-state index in [1.165, 1.54) is 25.2 Å². The molecular weight excluding hydrogens is 136 g/mol. The van der Waals surface area contributed by atoms with Gasteiger partial charge in [-0.2, -0.15) is 0 Å². The third-order valence-electron chi connectivity index (χ3n) is 2.39. The Labute approximate surface area is 69.3 Å². The molecule has 0 unspecified atom stereocenters. The molecule has 0 aromatic rings. The van der Waals surface area contributed by atoms with Crippen LogP contribution >= 0.6 is 0 Å². The monoisotopic (exact) mass is 154 g/mol. The van der Waals surface area contributed by atoms with Gasteiger partial charge in [-0.15, -0.1) is 0 Å². The van der Waals surface area contributed by atoms with Gasteiger partial charge in [-0.05, 0) is 32.8 Å². The Morgan fingerprint density at radius 1 is 1.64 bits per heavy atom. The van der Waals surface area contributed by atoms with Crippen molar-refractivity contribution in [3.05, 3.63) is 11.9 Å². The molecule has 1 aliphatic heterocycles. The lowest BCUT2D eigenvalue weighted by Crippen LogP contribution is -2.32. The minimum atomic E-state index is 0.716. The zero-order chi connectivity index (χ0) is 8.27. The number of hydrogen-bond donors (Lipinski definition) is 1. The van der Waals surface area contributed by atoms with Crippen molar-refractivity contribution in [1.29, 1.82) is 0 Å². The average molecular weight is 154 g/mol. The van der Waals surface area contributed by atoms with Crippen LogP contribution in [-0.4, -0.2) is 24.5 Å². The molecular formula is C9H18N2. The highest BCUT2D eigenvalue weighted by molar-refractivity contribution is 5.00. The predicted molar refractivity (Wildman–Crippen MR) is 48.2 cm³/mol. The van der Waals surface area contributed by atoms with Crippen LogP contribution in [0, 0.1) is 0 Å². The van der Waals surface area contributed by atoms with Crippen molar-refractivity contribution in [2.24, 2.45) is 0 Å². The number of likely N-dealkylation sites (tertiary alicyclic amines) is 1. The summed E-state index contributed by atoms with van der Waals surface area (Å²) in [6.07, 6.45) is 4.81. The van der Waals surface area contributed by atoms with Gasteiger partial charge in [0, 0.05) is 19.6 Å². The van der Waals surface area contributed by atoms with Crippen LogP contribution < -0.4 is 5.32 Å². The van der Waals surface area contributed by atoms with E-state index in [4.69, 9.17) is 0 Å². The summed E-state index contributed by atoms with van der Waals surface area (Å²) >= 11 is 0. The predicted octanol–water partition coefficient (Wildman–Crippen LogP) is 1.55. The largest absolute Gasteiger partial charge is 0.375 e. The molecule has 1 atom stereocenters. The Morgan fingerprint density at radius 3 is 2.73 bits per heavy atom. The van der Waals surface area contributed by atoms with Crippen molar-refractivity contribution >= 4 is 0 Å². The van der Waals surface area contributed by atoms with E-state index < -0.39 is 0 Å². The first-order chi connectivity index (χ1) is 5.29. The first kappa shape index (κ1) is 8.44. The molecule has 0 spiro atoms. The van der Waals surface area contributed by atoms with Gasteiger partial charge in [0.05, 0.1) is 5.82 Å². The second-order valence-corrected chi connectivity index (χ2v) is 3.11. The average Bonchev–Trinajstić information content (AvgIpc) is 2.40. The molecule has 0 saturated carbocycles. The molecule has 1 rings (SSSR count). The summed E-state index contributed by atoms with van der Waals surface area (Å²) in [6.45, 7) is 5.58. The number of rotatable bonds is 2. The highest BCUT2D eigenvalue weighted by Crippen LogP contribution is 2.19. The lowest BCUT2D eigenvalue weighted by atomic mass is 10.2. The summed E-state index contributed by atoms with van der Waals surface area (Å²) < 4.78 is 0. The third-order valence-corrected chi connectivity index (χ3v) is 2.39. The van der Waals surface area contributed by atoms with Gasteiger partial charge < -0.3 is 10.2 Å². The zero-order valence-electron chi connectivity index (χ0n) is 7.72. The summed E-state index contributed by atoms with van der Waals surface area (Å²) in [5, 5.41) is 3.21. The van der Waals surface area contributed by atoms with Crippen LogP contribution in [0.15, 0.2) is 11.9 Å². The van der Waals surface area contributed by atoms with Gasteiger partial charge in [0.1, 0.15) is 0 Å². The van der Waals surface area contributed by atoms with E-state index in [0.717, 1.165) is 0 Å². The van der Waals surface area contributed by atoms with Gasteiger partial charge in [-0.3, -0.25) is 0 Å². The Hall–Kier alpha value is -0.660. The van der Waals surface area contributed by atoms with Crippen LogP contribution in [-0.2, 0) is 0 Å². The van der Waals surface area contributed by atoms with E-state index in [0.29, 0.717) is 6.04 Å². The maximum Gasteiger partial charge on any atom is 0.0968 e. The minimum absolute atomic E-state index is 0.716. The molecule has 64 valence electrons. The summed E-state index contributed by atoms with van der Waals surface area (Å²) in [6, 6.07) is 0.716. The molecule has 11 heavy (non-hydrogen) atoms. The van der Waals surface area contributed by atoms with Crippen LogP contribution in [0.4, 0.5) is 0 Å². The molecule has 1 heterocycles. The van der Waals surface area contributed by atoms with Gasteiger partial charge in [-0.25, -0.2) is 0 Å². The van der Waals surface area contributed by atoms with Crippen LogP contribution in [0.25, 0.3) is 0 Å². The van der Waals surface area contributed by atoms with Crippen molar-refractivity contribution in [3.8, 4) is 0 Å². The number of hydrogen-bond acceptors (Lipinski definition) is 2. The molecule has 1 saturated heterocycles. The fourth-order valence-electron chi connectivity index (χ4n) is 1.74. The highest BCUT2D eigenvalue weighted by Gasteiger charge is 2.20. The Balaban J connectivity index is 2.57. The Morgan fingerprint density at radius 2 is 2.36 bits per heavy atom. The molecule has 0 bridgehead atoms. The van der Waals surface area contributed by atoms with Gasteiger partial charge in [-0.1, -0.05) is 0 Å². The first-order valence-electron chi connectivity index (χ1n) is 4.40. The summed E-state index contributed by atoms with van der Waals surface area (Å²) in [5.41, 5.74) is 0. The lowest BCUT2D eigenvalue weighted by molar-refractivity contribution is 0.320. The SMILES string of the molecule is C/C=C(\NC)N1CCC[C@H]1C. The molecule has 1 fully saturated rings. The van der Waals surface area contributed by atoms with E-state index in [1.807, 2.05) is 7.05 Å². The normalized spacial score (nSPS) is 25.9. The fraction of sp³-hybridized carbons (Fsp3) is 0.778. The van der Waals surface area contributed by atoms with E-state index in [9.17, 15) is 0 Å². The van der Waals surface area contributed by atoms with Crippen molar-refractivity contribution in [2.45, 2.75) is 32.7 Å². The quantitative estimate of drug-likeness (QED) is 0.649. The van der Waals surface area contributed by atoms with Gasteiger partial charge in [0.2, 0.25) is 0 Å². The van der Waals surface area contributed by atoms with Crippen LogP contribution in [0.3, 0.4) is 0 Å². The minimum Gasteiger partial charge on any atom is -0.375 e. The van der Waals surface area contributed by atoms with E-state index in [-0.39, 0.29) is 0 Å². The second-order valence-electron chi connectivity index (χ2n) is 3.11. The maximum atomic E-state index is 3.21. The number of nitrogens with one attached hydrogen (secondary N) is 1. The van der Waals surface area contributed by atoms with Gasteiger partial charge in [0.25, 0.3) is 0 Å². The summed E-state index contributed by atoms with van der Waals surface area (Å²) in [5.74, 6) is 1.27. The standard InChI is InChI=1S/C9H18N2/c1-4-9(10-3)11-7-5-6-8(11)2/h4,8,10H,5-7H2,1-3H3/b9-4+/t8-/m1/s1. The first-order valence-corrected chi connectivity index (χ1v) is 4.40. The molecule has 0 aromatic carbocycles. The van der Waals surface area contributed by atoms with Crippen molar-refractivity contribution in [2.75, 3.05) is 13.6 Å². The highest BCUT2D eigenvalue weighted by atomic mass is 15.3. The van der Waals surface area contributed by atoms with E-state index >= 15 is 0 Å². The Bertz CT molecular complexity index is 152. The molecule has 0 amide bonds. The van der Waals surface area contributed by atoms with Gasteiger partial charge in [0.15, 0.2) is 0 Å².